The van der Waals surface area contributed by atoms with Gasteiger partial charge in [-0.1, -0.05) is 6.07 Å². The van der Waals surface area contributed by atoms with Crippen molar-refractivity contribution in [2.24, 2.45) is 0 Å². The molecule has 1 aliphatic carbocycles. The Balaban J connectivity index is 1.99. The Bertz CT molecular complexity index is 554. The number of hydrogen-bond acceptors (Lipinski definition) is 3. The standard InChI is InChI=1S/C12H11NO3/c14-11(15)6-7-1-4-9-10(5-7)16-12(13-9)8-2-3-8/h1,4-5,8H,2-3,6H2,(H,14,15). The van der Waals surface area contributed by atoms with Crippen LogP contribution >= 0.6 is 0 Å². The Morgan fingerprint density at radius 1 is 1.50 bits per heavy atom. The number of benzene rings is 1. The van der Waals surface area contributed by atoms with E-state index in [0.29, 0.717) is 11.5 Å². The lowest BCUT2D eigenvalue weighted by Gasteiger charge is -1.94. The van der Waals surface area contributed by atoms with Crippen molar-refractivity contribution in [2.45, 2.75) is 25.2 Å². The van der Waals surface area contributed by atoms with Gasteiger partial charge in [-0.3, -0.25) is 4.79 Å². The third-order valence-electron chi connectivity index (χ3n) is 2.75. The third kappa shape index (κ3) is 1.66. The van der Waals surface area contributed by atoms with Crippen LogP contribution in [0.15, 0.2) is 22.6 Å². The summed E-state index contributed by atoms with van der Waals surface area (Å²) in [5.74, 6) is 0.444. The van der Waals surface area contributed by atoms with Crippen LogP contribution in [0.4, 0.5) is 0 Å². The number of hydrogen-bond donors (Lipinski definition) is 1. The van der Waals surface area contributed by atoms with Crippen LogP contribution in [0.5, 0.6) is 0 Å². The first kappa shape index (κ1) is 9.39. The lowest BCUT2D eigenvalue weighted by Crippen LogP contribution is -1.99. The summed E-state index contributed by atoms with van der Waals surface area (Å²) in [5.41, 5.74) is 2.26. The Hall–Kier alpha value is -1.84. The number of rotatable bonds is 3. The summed E-state index contributed by atoms with van der Waals surface area (Å²) < 4.78 is 5.61. The first-order chi connectivity index (χ1) is 7.72. The molecule has 4 nitrogen and oxygen atoms in total. The van der Waals surface area contributed by atoms with E-state index in [-0.39, 0.29) is 6.42 Å². The lowest BCUT2D eigenvalue weighted by molar-refractivity contribution is -0.136. The topological polar surface area (TPSA) is 63.3 Å². The average Bonchev–Trinajstić information content (AvgIpc) is 2.98. The molecule has 0 amide bonds. The van der Waals surface area contributed by atoms with Crippen molar-refractivity contribution in [1.82, 2.24) is 4.98 Å². The molecular formula is C12H11NO3. The van der Waals surface area contributed by atoms with E-state index in [1.807, 2.05) is 6.07 Å². The maximum Gasteiger partial charge on any atom is 0.307 e. The number of oxazole rings is 1. The molecule has 0 spiro atoms. The fraction of sp³-hybridized carbons (Fsp3) is 0.333. The number of carbonyl (C=O) groups is 1. The van der Waals surface area contributed by atoms with Crippen molar-refractivity contribution in [1.29, 1.82) is 0 Å². The summed E-state index contributed by atoms with van der Waals surface area (Å²) in [6.07, 6.45) is 2.32. The Morgan fingerprint density at radius 2 is 2.31 bits per heavy atom. The van der Waals surface area contributed by atoms with E-state index >= 15 is 0 Å². The highest BCUT2D eigenvalue weighted by molar-refractivity contribution is 5.76. The Morgan fingerprint density at radius 3 is 3.00 bits per heavy atom. The average molecular weight is 217 g/mol. The summed E-state index contributed by atoms with van der Waals surface area (Å²) in [4.78, 5) is 15.0. The van der Waals surface area contributed by atoms with Gasteiger partial charge in [0.05, 0.1) is 6.42 Å². The maximum absolute atomic E-state index is 10.6. The quantitative estimate of drug-likeness (QED) is 0.857. The number of carboxylic acid groups (broad SMARTS) is 1. The van der Waals surface area contributed by atoms with E-state index in [0.717, 1.165) is 29.8 Å². The minimum atomic E-state index is -0.832. The minimum Gasteiger partial charge on any atom is -0.481 e. The molecule has 3 rings (SSSR count). The largest absolute Gasteiger partial charge is 0.481 e. The van der Waals surface area contributed by atoms with Crippen LogP contribution in [0.25, 0.3) is 11.1 Å². The molecule has 1 N–H and O–H groups in total. The first-order valence-electron chi connectivity index (χ1n) is 5.33. The zero-order chi connectivity index (χ0) is 11.1. The van der Waals surface area contributed by atoms with Crippen molar-refractivity contribution in [3.05, 3.63) is 29.7 Å². The molecule has 1 aromatic heterocycles. The van der Waals surface area contributed by atoms with E-state index in [2.05, 4.69) is 4.98 Å². The third-order valence-corrected chi connectivity index (χ3v) is 2.75. The highest BCUT2D eigenvalue weighted by Crippen LogP contribution is 2.40. The first-order valence-corrected chi connectivity index (χ1v) is 5.33. The summed E-state index contributed by atoms with van der Waals surface area (Å²) in [5, 5.41) is 8.70. The van der Waals surface area contributed by atoms with Gasteiger partial charge in [0.25, 0.3) is 0 Å². The van der Waals surface area contributed by atoms with Crippen LogP contribution in [0.3, 0.4) is 0 Å². The molecule has 0 radical (unpaired) electrons. The summed E-state index contributed by atoms with van der Waals surface area (Å²) in [6, 6.07) is 5.38. The molecule has 1 saturated carbocycles. The van der Waals surface area contributed by atoms with Crippen molar-refractivity contribution in [2.75, 3.05) is 0 Å². The number of nitrogens with zero attached hydrogens (tertiary/aromatic N) is 1. The highest BCUT2D eigenvalue weighted by atomic mass is 16.4. The zero-order valence-electron chi connectivity index (χ0n) is 8.64. The molecule has 1 fully saturated rings. The SMILES string of the molecule is O=C(O)Cc1ccc2nc(C3CC3)oc2c1. The van der Waals surface area contributed by atoms with Crippen molar-refractivity contribution < 1.29 is 14.3 Å². The van der Waals surface area contributed by atoms with Gasteiger partial charge in [0.2, 0.25) is 0 Å². The van der Waals surface area contributed by atoms with E-state index in [4.69, 9.17) is 9.52 Å². The minimum absolute atomic E-state index is 0.0232. The van der Waals surface area contributed by atoms with E-state index in [1.165, 1.54) is 0 Å². The molecular weight excluding hydrogens is 206 g/mol. The van der Waals surface area contributed by atoms with Crippen LogP contribution in [0.1, 0.15) is 30.2 Å². The van der Waals surface area contributed by atoms with Crippen LogP contribution in [0, 0.1) is 0 Å². The molecule has 0 bridgehead atoms. The predicted molar refractivity (Wildman–Crippen MR) is 57.3 cm³/mol. The molecule has 16 heavy (non-hydrogen) atoms. The fourth-order valence-corrected chi connectivity index (χ4v) is 1.78. The summed E-state index contributed by atoms with van der Waals surface area (Å²) in [6.45, 7) is 0. The van der Waals surface area contributed by atoms with Gasteiger partial charge in [-0.15, -0.1) is 0 Å². The van der Waals surface area contributed by atoms with Crippen LogP contribution in [-0.2, 0) is 11.2 Å². The molecule has 2 aromatic rings. The Labute approximate surface area is 91.9 Å². The van der Waals surface area contributed by atoms with Crippen molar-refractivity contribution in [3.63, 3.8) is 0 Å². The number of carboxylic acids is 1. The summed E-state index contributed by atoms with van der Waals surface area (Å²) >= 11 is 0. The maximum atomic E-state index is 10.6. The number of aromatic nitrogens is 1. The van der Waals surface area contributed by atoms with Crippen molar-refractivity contribution >= 4 is 17.1 Å². The summed E-state index contributed by atoms with van der Waals surface area (Å²) in [7, 11) is 0. The Kier molecular flexibility index (Phi) is 1.96. The predicted octanol–water partition coefficient (Wildman–Crippen LogP) is 2.33. The smallest absolute Gasteiger partial charge is 0.307 e. The normalized spacial score (nSPS) is 15.5. The second kappa shape index (κ2) is 3.33. The molecule has 4 heteroatoms. The molecule has 0 atom stereocenters. The van der Waals surface area contributed by atoms with Crippen LogP contribution < -0.4 is 0 Å². The van der Waals surface area contributed by atoms with Gasteiger partial charge in [-0.25, -0.2) is 4.98 Å². The molecule has 0 unspecified atom stereocenters. The zero-order valence-corrected chi connectivity index (χ0v) is 8.64. The van der Waals surface area contributed by atoms with Gasteiger partial charge in [0, 0.05) is 5.92 Å². The van der Waals surface area contributed by atoms with Crippen LogP contribution in [-0.4, -0.2) is 16.1 Å². The lowest BCUT2D eigenvalue weighted by atomic mass is 10.1. The van der Waals surface area contributed by atoms with Crippen LogP contribution in [0.2, 0.25) is 0 Å². The van der Waals surface area contributed by atoms with Crippen molar-refractivity contribution in [3.8, 4) is 0 Å². The van der Waals surface area contributed by atoms with E-state index in [9.17, 15) is 4.79 Å². The molecule has 82 valence electrons. The van der Waals surface area contributed by atoms with Gasteiger partial charge in [-0.2, -0.15) is 0 Å². The second-order valence-electron chi connectivity index (χ2n) is 4.20. The monoisotopic (exact) mass is 217 g/mol. The fourth-order valence-electron chi connectivity index (χ4n) is 1.78. The van der Waals surface area contributed by atoms with Gasteiger partial charge in [0.1, 0.15) is 5.52 Å². The molecule has 1 aliphatic rings. The number of fused-ring (bicyclic) bond motifs is 1. The van der Waals surface area contributed by atoms with E-state index in [1.54, 1.807) is 12.1 Å². The van der Waals surface area contributed by atoms with Gasteiger partial charge >= 0.3 is 5.97 Å². The highest BCUT2D eigenvalue weighted by Gasteiger charge is 2.28. The number of aliphatic carboxylic acids is 1. The van der Waals surface area contributed by atoms with Gasteiger partial charge < -0.3 is 9.52 Å². The molecule has 1 heterocycles. The molecule has 0 aliphatic heterocycles. The second-order valence-corrected chi connectivity index (χ2v) is 4.20. The van der Waals surface area contributed by atoms with Gasteiger partial charge in [-0.05, 0) is 30.5 Å². The molecule has 1 aromatic carbocycles. The molecule has 0 saturated heterocycles. The van der Waals surface area contributed by atoms with Gasteiger partial charge in [0.15, 0.2) is 11.5 Å². The van der Waals surface area contributed by atoms with E-state index < -0.39 is 5.97 Å².